The van der Waals surface area contributed by atoms with E-state index in [1.807, 2.05) is 26.0 Å². The number of carbonyl (C=O) groups is 4. The van der Waals surface area contributed by atoms with Gasteiger partial charge in [0.2, 0.25) is 24.1 Å². The van der Waals surface area contributed by atoms with E-state index >= 15 is 0 Å². The van der Waals surface area contributed by atoms with E-state index in [1.165, 1.54) is 0 Å². The highest BCUT2D eigenvalue weighted by molar-refractivity contribution is 5.90. The molecule has 0 saturated carbocycles. The maximum absolute atomic E-state index is 12.0. The Labute approximate surface area is 184 Å². The van der Waals surface area contributed by atoms with Crippen LogP contribution in [0.25, 0.3) is 0 Å². The van der Waals surface area contributed by atoms with Crippen LogP contribution in [-0.2, 0) is 19.2 Å². The predicted molar refractivity (Wildman–Crippen MR) is 120 cm³/mol. The smallest absolute Gasteiger partial charge is 0.242 e. The first kappa shape index (κ1) is 27.9. The Hall–Kier alpha value is -3.10. The van der Waals surface area contributed by atoms with Crippen molar-refractivity contribution in [2.75, 3.05) is 19.6 Å². The number of aliphatic hydroxyl groups excluding tert-OH is 1. The van der Waals surface area contributed by atoms with Crippen molar-refractivity contribution in [3.63, 3.8) is 0 Å². The molecule has 2 atom stereocenters. The molecule has 174 valence electrons. The molecule has 2 rings (SSSR count). The molecular weight excluding hydrogens is 400 g/mol. The van der Waals surface area contributed by atoms with Crippen LogP contribution in [-0.4, -0.2) is 59.8 Å². The molecular formula is C22H36N4O5. The van der Waals surface area contributed by atoms with Gasteiger partial charge in [0, 0.05) is 19.5 Å². The third kappa shape index (κ3) is 12.2. The lowest BCUT2D eigenvalue weighted by atomic mass is 10.0. The number of likely N-dealkylation sites (tertiary alicyclic amines) is 1. The van der Waals surface area contributed by atoms with E-state index < -0.39 is 6.04 Å². The number of hydrogen-bond acceptors (Lipinski definition) is 5. The molecule has 1 aliphatic carbocycles. The van der Waals surface area contributed by atoms with Crippen molar-refractivity contribution in [2.24, 2.45) is 11.7 Å². The summed E-state index contributed by atoms with van der Waals surface area (Å²) in [5, 5.41) is 14.6. The first-order valence-corrected chi connectivity index (χ1v) is 10.6. The van der Waals surface area contributed by atoms with Crippen molar-refractivity contribution in [1.82, 2.24) is 15.5 Å². The van der Waals surface area contributed by atoms with Crippen LogP contribution in [0.4, 0.5) is 0 Å². The van der Waals surface area contributed by atoms with Crippen molar-refractivity contribution in [3.05, 3.63) is 36.1 Å². The summed E-state index contributed by atoms with van der Waals surface area (Å²) in [7, 11) is 0. The molecule has 0 spiro atoms. The van der Waals surface area contributed by atoms with Crippen LogP contribution < -0.4 is 16.4 Å². The topological polar surface area (TPSA) is 142 Å². The Balaban J connectivity index is 0.00000165. The fraction of sp³-hybridized carbons (Fsp3) is 0.545. The van der Waals surface area contributed by atoms with E-state index in [9.17, 15) is 19.5 Å². The van der Waals surface area contributed by atoms with Gasteiger partial charge in [0.15, 0.2) is 0 Å². The summed E-state index contributed by atoms with van der Waals surface area (Å²) in [5.41, 5.74) is 4.17. The zero-order chi connectivity index (χ0) is 23.6. The molecule has 31 heavy (non-hydrogen) atoms. The molecule has 0 aromatic heterocycles. The van der Waals surface area contributed by atoms with Gasteiger partial charge in [-0.3, -0.25) is 19.2 Å². The zero-order valence-corrected chi connectivity index (χ0v) is 18.7. The monoisotopic (exact) mass is 436 g/mol. The van der Waals surface area contributed by atoms with Gasteiger partial charge in [-0.25, -0.2) is 0 Å². The SMILES string of the molecule is CC.CC(NC(=O)CCC1C=CC=C(O)C=C1)C(=O)NCC(=O)N1CCCC1.NC=O. The van der Waals surface area contributed by atoms with E-state index in [1.54, 1.807) is 30.1 Å². The molecule has 1 aliphatic heterocycles. The van der Waals surface area contributed by atoms with Gasteiger partial charge in [-0.1, -0.05) is 32.1 Å². The molecule has 4 amide bonds. The third-order valence-electron chi connectivity index (χ3n) is 4.49. The predicted octanol–water partition coefficient (Wildman–Crippen LogP) is 1.32. The molecule has 0 aromatic carbocycles. The Morgan fingerprint density at radius 1 is 1.26 bits per heavy atom. The van der Waals surface area contributed by atoms with Crippen LogP contribution in [0.5, 0.6) is 0 Å². The van der Waals surface area contributed by atoms with Gasteiger partial charge in [0.25, 0.3) is 0 Å². The quantitative estimate of drug-likeness (QED) is 0.445. The summed E-state index contributed by atoms with van der Waals surface area (Å²) in [6, 6.07) is -0.695. The largest absolute Gasteiger partial charge is 0.508 e. The van der Waals surface area contributed by atoms with Crippen LogP contribution in [0.2, 0.25) is 0 Å². The Morgan fingerprint density at radius 3 is 2.48 bits per heavy atom. The minimum Gasteiger partial charge on any atom is -0.508 e. The molecule has 9 heteroatoms. The highest BCUT2D eigenvalue weighted by atomic mass is 16.3. The van der Waals surface area contributed by atoms with Crippen LogP contribution in [0.3, 0.4) is 0 Å². The van der Waals surface area contributed by atoms with Crippen molar-refractivity contribution in [2.45, 2.75) is 52.5 Å². The van der Waals surface area contributed by atoms with Gasteiger partial charge < -0.3 is 26.4 Å². The Kier molecular flexibility index (Phi) is 15.0. The maximum atomic E-state index is 12.0. The van der Waals surface area contributed by atoms with Gasteiger partial charge in [-0.15, -0.1) is 0 Å². The van der Waals surface area contributed by atoms with Crippen molar-refractivity contribution < 1.29 is 24.3 Å². The van der Waals surface area contributed by atoms with Crippen molar-refractivity contribution >= 4 is 24.1 Å². The fourth-order valence-corrected chi connectivity index (χ4v) is 2.90. The van der Waals surface area contributed by atoms with Crippen LogP contribution >= 0.6 is 0 Å². The molecule has 0 aromatic rings. The zero-order valence-electron chi connectivity index (χ0n) is 18.7. The van der Waals surface area contributed by atoms with Crippen LogP contribution in [0, 0.1) is 5.92 Å². The number of rotatable bonds is 7. The molecule has 0 radical (unpaired) electrons. The standard InChI is InChI=1S/C19H27N3O4.C2H6.CH3NO/c1-14(19(26)20-13-18(25)22-11-2-3-12-22)21-17(24)10-8-15-5-4-6-16(23)9-7-15;1-2;2-1-3/h4-7,9,14-15,23H,2-3,8,10-13H2,1H3,(H,20,26)(H,21,24);1-2H3;1H,(H2,2,3). The molecule has 0 bridgehead atoms. The summed E-state index contributed by atoms with van der Waals surface area (Å²) in [4.78, 5) is 46.3. The Bertz CT molecular complexity index is 667. The number of nitrogens with two attached hydrogens (primary N) is 1. The third-order valence-corrected chi connectivity index (χ3v) is 4.49. The van der Waals surface area contributed by atoms with Gasteiger partial charge in [0.1, 0.15) is 11.8 Å². The Morgan fingerprint density at radius 2 is 1.87 bits per heavy atom. The molecule has 1 heterocycles. The second-order valence-electron chi connectivity index (χ2n) is 6.77. The number of carbonyl (C=O) groups excluding carboxylic acids is 4. The van der Waals surface area contributed by atoms with Crippen molar-refractivity contribution in [3.8, 4) is 0 Å². The highest BCUT2D eigenvalue weighted by Gasteiger charge is 2.20. The van der Waals surface area contributed by atoms with Gasteiger partial charge >= 0.3 is 0 Å². The maximum Gasteiger partial charge on any atom is 0.242 e. The number of nitrogens with zero attached hydrogens (tertiary/aromatic N) is 1. The second-order valence-corrected chi connectivity index (χ2v) is 6.77. The second kappa shape index (κ2) is 16.7. The van der Waals surface area contributed by atoms with E-state index in [2.05, 4.69) is 16.4 Å². The number of nitrogens with one attached hydrogen (secondary N) is 2. The van der Waals surface area contributed by atoms with Crippen molar-refractivity contribution in [1.29, 1.82) is 0 Å². The number of aliphatic hydroxyl groups is 1. The number of amides is 4. The lowest BCUT2D eigenvalue weighted by molar-refractivity contribution is -0.133. The summed E-state index contributed by atoms with van der Waals surface area (Å²) in [6.07, 6.45) is 11.8. The summed E-state index contributed by atoms with van der Waals surface area (Å²) in [5.74, 6) is -0.431. The molecule has 9 nitrogen and oxygen atoms in total. The van der Waals surface area contributed by atoms with Gasteiger partial charge in [0.05, 0.1) is 6.54 Å². The van der Waals surface area contributed by atoms with E-state index in [0.29, 0.717) is 6.42 Å². The fourth-order valence-electron chi connectivity index (χ4n) is 2.90. The molecule has 1 saturated heterocycles. The lowest BCUT2D eigenvalue weighted by Crippen LogP contribution is -2.47. The summed E-state index contributed by atoms with van der Waals surface area (Å²) >= 11 is 0. The summed E-state index contributed by atoms with van der Waals surface area (Å²) < 4.78 is 0. The summed E-state index contributed by atoms with van der Waals surface area (Å²) in [6.45, 7) is 7.06. The number of allylic oxidation sites excluding steroid dienone is 5. The minimum atomic E-state index is -0.695. The highest BCUT2D eigenvalue weighted by Crippen LogP contribution is 2.14. The first-order chi connectivity index (χ1) is 14.9. The minimum absolute atomic E-state index is 0.0345. The van der Waals surface area contributed by atoms with Gasteiger partial charge in [-0.05, 0) is 44.3 Å². The average molecular weight is 437 g/mol. The molecule has 2 unspecified atom stereocenters. The first-order valence-electron chi connectivity index (χ1n) is 10.6. The van der Waals surface area contributed by atoms with Crippen LogP contribution in [0.1, 0.15) is 46.5 Å². The van der Waals surface area contributed by atoms with E-state index in [4.69, 9.17) is 4.79 Å². The van der Waals surface area contributed by atoms with E-state index in [0.717, 1.165) is 25.9 Å². The average Bonchev–Trinajstić information content (AvgIpc) is 3.22. The number of primary amides is 1. The molecule has 2 aliphatic rings. The lowest BCUT2D eigenvalue weighted by Gasteiger charge is -2.18. The van der Waals surface area contributed by atoms with Crippen LogP contribution in [0.15, 0.2) is 36.1 Å². The molecule has 5 N–H and O–H groups in total. The van der Waals surface area contributed by atoms with E-state index in [-0.39, 0.29) is 48.8 Å². The number of hydrogen-bond donors (Lipinski definition) is 4. The normalized spacial score (nSPS) is 17.6. The van der Waals surface area contributed by atoms with Gasteiger partial charge in [-0.2, -0.15) is 0 Å². The molecule has 1 fully saturated rings.